The average Bonchev–Trinajstić information content (AvgIpc) is 2.40. The number of primary amides is 1. The second-order valence-corrected chi connectivity index (χ2v) is 5.40. The number of nitrogens with two attached hydrogens (primary N) is 2. The van der Waals surface area contributed by atoms with Crippen molar-refractivity contribution < 1.29 is 4.79 Å². The fourth-order valence-corrected chi connectivity index (χ4v) is 2.48. The Balaban J connectivity index is 2.25. The largest absolute Gasteiger partial charge is 0.397 e. The molecule has 0 aliphatic carbocycles. The van der Waals surface area contributed by atoms with Gasteiger partial charge in [0.2, 0.25) is 0 Å². The van der Waals surface area contributed by atoms with Crippen molar-refractivity contribution in [1.29, 1.82) is 0 Å². The second-order valence-electron chi connectivity index (χ2n) is 4.55. The van der Waals surface area contributed by atoms with E-state index in [9.17, 15) is 4.79 Å². The van der Waals surface area contributed by atoms with Crippen molar-refractivity contribution in [3.63, 3.8) is 0 Å². The Morgan fingerprint density at radius 3 is 2.67 bits per heavy atom. The molecule has 0 aliphatic rings. The number of carbonyl (C=O) groups is 1. The number of hydrogen-bond acceptors (Lipinski definition) is 4. The van der Waals surface area contributed by atoms with Gasteiger partial charge < -0.3 is 16.8 Å². The lowest BCUT2D eigenvalue weighted by molar-refractivity contribution is 0.100. The number of carbonyl (C=O) groups excluding carboxylic acids is 1. The summed E-state index contributed by atoms with van der Waals surface area (Å²) in [5.74, 6) is -0.119. The molecule has 7 heteroatoms. The van der Waals surface area contributed by atoms with Crippen LogP contribution in [0.5, 0.6) is 0 Å². The van der Waals surface area contributed by atoms with Crippen molar-refractivity contribution in [2.75, 3.05) is 11.1 Å². The lowest BCUT2D eigenvalue weighted by atomic mass is 10.1. The molecule has 1 unspecified atom stereocenters. The van der Waals surface area contributed by atoms with Crippen LogP contribution in [0.15, 0.2) is 30.5 Å². The van der Waals surface area contributed by atoms with Gasteiger partial charge in [0.1, 0.15) is 5.82 Å². The molecule has 5 N–H and O–H groups in total. The van der Waals surface area contributed by atoms with Crippen LogP contribution in [0.2, 0.25) is 10.0 Å². The van der Waals surface area contributed by atoms with Gasteiger partial charge in [0.15, 0.2) is 0 Å². The maximum Gasteiger partial charge on any atom is 0.250 e. The monoisotopic (exact) mass is 324 g/mol. The highest BCUT2D eigenvalue weighted by Gasteiger charge is 2.13. The van der Waals surface area contributed by atoms with E-state index in [1.165, 1.54) is 12.3 Å². The van der Waals surface area contributed by atoms with Crippen LogP contribution in [0.25, 0.3) is 0 Å². The second kappa shape index (κ2) is 6.20. The molecule has 110 valence electrons. The Kier molecular flexibility index (Phi) is 4.55. The van der Waals surface area contributed by atoms with Crippen LogP contribution in [0, 0.1) is 0 Å². The van der Waals surface area contributed by atoms with Crippen LogP contribution >= 0.6 is 23.2 Å². The first-order valence-electron chi connectivity index (χ1n) is 6.15. The number of pyridine rings is 1. The number of nitrogen functional groups attached to an aromatic ring is 1. The molecule has 0 spiro atoms. The van der Waals surface area contributed by atoms with E-state index in [1.807, 2.05) is 13.0 Å². The van der Waals surface area contributed by atoms with Crippen LogP contribution in [0.3, 0.4) is 0 Å². The molecular formula is C14H14Cl2N4O. The molecule has 0 bridgehead atoms. The van der Waals surface area contributed by atoms with Crippen LogP contribution in [0.1, 0.15) is 28.9 Å². The molecule has 0 radical (unpaired) electrons. The van der Waals surface area contributed by atoms with E-state index in [0.29, 0.717) is 15.9 Å². The maximum absolute atomic E-state index is 11.3. The molecule has 1 atom stereocenters. The Morgan fingerprint density at radius 1 is 1.33 bits per heavy atom. The maximum atomic E-state index is 11.3. The van der Waals surface area contributed by atoms with E-state index in [2.05, 4.69) is 10.3 Å². The van der Waals surface area contributed by atoms with Crippen LogP contribution < -0.4 is 16.8 Å². The predicted octanol–water partition coefficient (Wildman–Crippen LogP) is 3.24. The number of nitrogens with one attached hydrogen (secondary N) is 1. The summed E-state index contributed by atoms with van der Waals surface area (Å²) >= 11 is 12.0. The summed E-state index contributed by atoms with van der Waals surface area (Å²) < 4.78 is 0. The van der Waals surface area contributed by atoms with Gasteiger partial charge in [0, 0.05) is 10.0 Å². The van der Waals surface area contributed by atoms with Gasteiger partial charge in [0.05, 0.1) is 23.5 Å². The predicted molar refractivity (Wildman–Crippen MR) is 85.7 cm³/mol. The Bertz CT molecular complexity index is 691. The summed E-state index contributed by atoms with van der Waals surface area (Å²) in [5, 5.41) is 4.26. The number of nitrogens with zero attached hydrogens (tertiary/aromatic N) is 1. The van der Waals surface area contributed by atoms with Crippen molar-refractivity contribution in [2.45, 2.75) is 13.0 Å². The molecule has 1 amide bonds. The molecule has 2 rings (SSSR count). The molecule has 0 aliphatic heterocycles. The fraction of sp³-hybridized carbons (Fsp3) is 0.143. The lowest BCUT2D eigenvalue weighted by Gasteiger charge is -2.17. The first-order valence-corrected chi connectivity index (χ1v) is 6.91. The first kappa shape index (κ1) is 15.4. The minimum atomic E-state index is -0.602. The average molecular weight is 325 g/mol. The zero-order chi connectivity index (χ0) is 15.6. The third-order valence-corrected chi connectivity index (χ3v) is 3.56. The molecular weight excluding hydrogens is 311 g/mol. The van der Waals surface area contributed by atoms with Crippen molar-refractivity contribution in [3.05, 3.63) is 51.6 Å². The van der Waals surface area contributed by atoms with E-state index in [1.54, 1.807) is 12.1 Å². The smallest absolute Gasteiger partial charge is 0.250 e. The highest BCUT2D eigenvalue weighted by Crippen LogP contribution is 2.28. The Morgan fingerprint density at radius 2 is 2.05 bits per heavy atom. The molecule has 21 heavy (non-hydrogen) atoms. The summed E-state index contributed by atoms with van der Waals surface area (Å²) in [6.07, 6.45) is 1.39. The number of amides is 1. The van der Waals surface area contributed by atoms with Crippen LogP contribution in [-0.2, 0) is 0 Å². The SMILES string of the molecule is CC(Nc1cc(C(N)=O)c(N)cn1)c1ccc(Cl)cc1Cl. The number of halogens is 2. The number of aromatic nitrogens is 1. The topological polar surface area (TPSA) is 94.0 Å². The van der Waals surface area contributed by atoms with Crippen molar-refractivity contribution in [2.24, 2.45) is 5.73 Å². The zero-order valence-electron chi connectivity index (χ0n) is 11.2. The molecule has 0 saturated heterocycles. The van der Waals surface area contributed by atoms with Crippen molar-refractivity contribution in [1.82, 2.24) is 4.98 Å². The third kappa shape index (κ3) is 3.56. The number of hydrogen-bond donors (Lipinski definition) is 3. The van der Waals surface area contributed by atoms with Crippen LogP contribution in [0.4, 0.5) is 11.5 Å². The summed E-state index contributed by atoms with van der Waals surface area (Å²) in [6.45, 7) is 1.91. The number of rotatable bonds is 4. The first-order chi connectivity index (χ1) is 9.88. The normalized spacial score (nSPS) is 12.0. The van der Waals surface area contributed by atoms with Gasteiger partial charge in [-0.25, -0.2) is 4.98 Å². The lowest BCUT2D eigenvalue weighted by Crippen LogP contribution is -2.15. The molecule has 0 saturated carbocycles. The molecule has 1 aromatic carbocycles. The Labute approximate surface area is 132 Å². The van der Waals surface area contributed by atoms with Gasteiger partial charge in [-0.1, -0.05) is 29.3 Å². The minimum absolute atomic E-state index is 0.133. The highest BCUT2D eigenvalue weighted by atomic mass is 35.5. The molecule has 1 heterocycles. The zero-order valence-corrected chi connectivity index (χ0v) is 12.7. The van der Waals surface area contributed by atoms with Crippen LogP contribution in [-0.4, -0.2) is 10.9 Å². The van der Waals surface area contributed by atoms with E-state index in [4.69, 9.17) is 34.7 Å². The standard InChI is InChI=1S/C14H14Cl2N4O/c1-7(9-3-2-8(15)4-11(9)16)20-13-5-10(14(18)21)12(17)6-19-13/h2-7H,17H2,1H3,(H2,18,21)(H,19,20). The van der Waals surface area contributed by atoms with Gasteiger partial charge in [-0.15, -0.1) is 0 Å². The Hall–Kier alpha value is -1.98. The van der Waals surface area contributed by atoms with Crippen molar-refractivity contribution in [3.8, 4) is 0 Å². The van der Waals surface area contributed by atoms with Gasteiger partial charge in [-0.05, 0) is 30.7 Å². The molecule has 0 fully saturated rings. The fourth-order valence-electron chi connectivity index (χ4n) is 1.91. The summed E-state index contributed by atoms with van der Waals surface area (Å²) in [7, 11) is 0. The summed E-state index contributed by atoms with van der Waals surface area (Å²) in [4.78, 5) is 15.4. The van der Waals surface area contributed by atoms with E-state index in [0.717, 1.165) is 5.56 Å². The summed E-state index contributed by atoms with van der Waals surface area (Å²) in [6, 6.07) is 6.63. The van der Waals surface area contributed by atoms with E-state index < -0.39 is 5.91 Å². The molecule has 5 nitrogen and oxygen atoms in total. The quantitative estimate of drug-likeness (QED) is 0.804. The minimum Gasteiger partial charge on any atom is -0.397 e. The number of anilines is 2. The molecule has 1 aromatic heterocycles. The number of benzene rings is 1. The molecule has 2 aromatic rings. The van der Waals surface area contributed by atoms with E-state index in [-0.39, 0.29) is 17.3 Å². The van der Waals surface area contributed by atoms with Crippen molar-refractivity contribution >= 4 is 40.6 Å². The van der Waals surface area contributed by atoms with Gasteiger partial charge in [-0.2, -0.15) is 0 Å². The van der Waals surface area contributed by atoms with E-state index >= 15 is 0 Å². The van der Waals surface area contributed by atoms with Gasteiger partial charge >= 0.3 is 0 Å². The summed E-state index contributed by atoms with van der Waals surface area (Å²) in [5.41, 5.74) is 12.2. The highest BCUT2D eigenvalue weighted by molar-refractivity contribution is 6.35. The van der Waals surface area contributed by atoms with Gasteiger partial charge in [0.25, 0.3) is 5.91 Å². The third-order valence-electron chi connectivity index (χ3n) is 2.99. The van der Waals surface area contributed by atoms with Gasteiger partial charge in [-0.3, -0.25) is 4.79 Å².